The SMILES string of the molecule is CCCNC(=O)CN1CCN(C(=O)CCn2cnc3c(C)cccc3c2=O)CC1. The van der Waals surface area contributed by atoms with Crippen molar-refractivity contribution in [3.05, 3.63) is 40.4 Å². The van der Waals surface area contributed by atoms with Crippen LogP contribution in [0.15, 0.2) is 29.3 Å². The lowest BCUT2D eigenvalue weighted by Gasteiger charge is -2.34. The lowest BCUT2D eigenvalue weighted by Crippen LogP contribution is -2.51. The molecule has 0 bridgehead atoms. The zero-order valence-electron chi connectivity index (χ0n) is 17.2. The minimum atomic E-state index is -0.116. The molecule has 1 aliphatic rings. The number of hydrogen-bond donors (Lipinski definition) is 1. The average molecular weight is 399 g/mol. The fourth-order valence-corrected chi connectivity index (χ4v) is 3.55. The van der Waals surface area contributed by atoms with Crippen LogP contribution in [0.1, 0.15) is 25.3 Å². The van der Waals surface area contributed by atoms with Crippen LogP contribution in [0.3, 0.4) is 0 Å². The van der Waals surface area contributed by atoms with Gasteiger partial charge in [-0.05, 0) is 25.0 Å². The molecule has 1 fully saturated rings. The zero-order valence-corrected chi connectivity index (χ0v) is 17.2. The average Bonchev–Trinajstić information content (AvgIpc) is 2.72. The summed E-state index contributed by atoms with van der Waals surface area (Å²) in [5.41, 5.74) is 1.55. The van der Waals surface area contributed by atoms with Crippen LogP contribution in [0, 0.1) is 6.92 Å². The Morgan fingerprint density at radius 3 is 2.66 bits per heavy atom. The second kappa shape index (κ2) is 9.65. The van der Waals surface area contributed by atoms with E-state index >= 15 is 0 Å². The van der Waals surface area contributed by atoms with Gasteiger partial charge in [-0.3, -0.25) is 23.9 Å². The molecule has 156 valence electrons. The molecule has 1 aromatic heterocycles. The van der Waals surface area contributed by atoms with Crippen molar-refractivity contribution in [1.82, 2.24) is 24.7 Å². The van der Waals surface area contributed by atoms with Gasteiger partial charge in [-0.15, -0.1) is 0 Å². The lowest BCUT2D eigenvalue weighted by molar-refractivity contribution is -0.133. The van der Waals surface area contributed by atoms with E-state index in [9.17, 15) is 14.4 Å². The summed E-state index contributed by atoms with van der Waals surface area (Å²) in [5.74, 6) is 0.0568. The van der Waals surface area contributed by atoms with Crippen LogP contribution < -0.4 is 10.9 Å². The predicted molar refractivity (Wildman–Crippen MR) is 112 cm³/mol. The molecule has 0 aliphatic carbocycles. The number of hydrogen-bond acceptors (Lipinski definition) is 5. The normalized spacial score (nSPS) is 14.9. The Hall–Kier alpha value is -2.74. The molecule has 1 saturated heterocycles. The second-order valence-electron chi connectivity index (χ2n) is 7.47. The van der Waals surface area contributed by atoms with E-state index in [2.05, 4.69) is 15.2 Å². The smallest absolute Gasteiger partial charge is 0.261 e. The molecule has 0 atom stereocenters. The first-order valence-electron chi connectivity index (χ1n) is 10.2. The number of piperazine rings is 1. The Morgan fingerprint density at radius 2 is 1.93 bits per heavy atom. The fraction of sp³-hybridized carbons (Fsp3) is 0.524. The molecule has 0 unspecified atom stereocenters. The molecule has 0 radical (unpaired) electrons. The molecule has 2 amide bonds. The van der Waals surface area contributed by atoms with Gasteiger partial charge in [0.15, 0.2) is 0 Å². The summed E-state index contributed by atoms with van der Waals surface area (Å²) in [7, 11) is 0. The topological polar surface area (TPSA) is 87.5 Å². The summed E-state index contributed by atoms with van der Waals surface area (Å²) < 4.78 is 1.51. The molecule has 1 N–H and O–H groups in total. The number of fused-ring (bicyclic) bond motifs is 1. The summed E-state index contributed by atoms with van der Waals surface area (Å²) in [5, 5.41) is 3.45. The monoisotopic (exact) mass is 399 g/mol. The molecular weight excluding hydrogens is 370 g/mol. The highest BCUT2D eigenvalue weighted by atomic mass is 16.2. The number of nitrogens with zero attached hydrogens (tertiary/aromatic N) is 4. The molecule has 2 aromatic rings. The minimum Gasteiger partial charge on any atom is -0.355 e. The Morgan fingerprint density at radius 1 is 1.17 bits per heavy atom. The van der Waals surface area contributed by atoms with E-state index in [-0.39, 0.29) is 23.8 Å². The van der Waals surface area contributed by atoms with Gasteiger partial charge in [-0.1, -0.05) is 19.1 Å². The third-order valence-corrected chi connectivity index (χ3v) is 5.29. The number of nitrogens with one attached hydrogen (secondary N) is 1. The number of benzene rings is 1. The molecule has 1 aromatic carbocycles. The van der Waals surface area contributed by atoms with Gasteiger partial charge < -0.3 is 10.2 Å². The number of aryl methyl sites for hydroxylation is 2. The number of aromatic nitrogens is 2. The van der Waals surface area contributed by atoms with Crippen LogP contribution in [-0.2, 0) is 16.1 Å². The van der Waals surface area contributed by atoms with Gasteiger partial charge in [0.05, 0.1) is 23.8 Å². The van der Waals surface area contributed by atoms with Crippen molar-refractivity contribution in [2.75, 3.05) is 39.3 Å². The molecule has 29 heavy (non-hydrogen) atoms. The Bertz CT molecular complexity index is 932. The number of para-hydroxylation sites is 1. The van der Waals surface area contributed by atoms with Crippen molar-refractivity contribution >= 4 is 22.7 Å². The van der Waals surface area contributed by atoms with Gasteiger partial charge in [0.25, 0.3) is 5.56 Å². The van der Waals surface area contributed by atoms with Crippen LogP contribution in [0.2, 0.25) is 0 Å². The number of carbonyl (C=O) groups is 2. The highest BCUT2D eigenvalue weighted by Crippen LogP contribution is 2.11. The largest absolute Gasteiger partial charge is 0.355 e. The Labute approximate surface area is 170 Å². The van der Waals surface area contributed by atoms with Gasteiger partial charge in [-0.2, -0.15) is 0 Å². The van der Waals surface area contributed by atoms with Crippen molar-refractivity contribution in [1.29, 1.82) is 0 Å². The molecule has 3 rings (SSSR count). The standard InChI is InChI=1S/C21H29N5O3/c1-3-8-22-18(27)14-24-10-12-25(13-11-24)19(28)7-9-26-15-23-20-16(2)5-4-6-17(20)21(26)29/h4-6,15H,3,7-14H2,1-2H3,(H,22,27). The quantitative estimate of drug-likeness (QED) is 0.743. The van der Waals surface area contributed by atoms with Crippen molar-refractivity contribution in [2.24, 2.45) is 0 Å². The van der Waals surface area contributed by atoms with Crippen LogP contribution in [-0.4, -0.2) is 70.4 Å². The summed E-state index contributed by atoms with van der Waals surface area (Å²) in [6.07, 6.45) is 2.71. The molecule has 2 heterocycles. The number of carbonyl (C=O) groups excluding carboxylic acids is 2. The summed E-state index contributed by atoms with van der Waals surface area (Å²) in [6.45, 7) is 7.90. The van der Waals surface area contributed by atoms with Crippen LogP contribution in [0.5, 0.6) is 0 Å². The van der Waals surface area contributed by atoms with Crippen molar-refractivity contribution in [3.8, 4) is 0 Å². The fourth-order valence-electron chi connectivity index (χ4n) is 3.55. The van der Waals surface area contributed by atoms with Crippen LogP contribution in [0.4, 0.5) is 0 Å². The highest BCUT2D eigenvalue weighted by molar-refractivity contribution is 5.80. The van der Waals surface area contributed by atoms with E-state index in [0.717, 1.165) is 12.0 Å². The first-order chi connectivity index (χ1) is 14.0. The third kappa shape index (κ3) is 5.20. The van der Waals surface area contributed by atoms with E-state index < -0.39 is 0 Å². The maximum absolute atomic E-state index is 12.6. The van der Waals surface area contributed by atoms with Crippen molar-refractivity contribution in [2.45, 2.75) is 33.2 Å². The van der Waals surface area contributed by atoms with Gasteiger partial charge in [0.2, 0.25) is 11.8 Å². The lowest BCUT2D eigenvalue weighted by atomic mass is 10.1. The number of rotatable bonds is 7. The van der Waals surface area contributed by atoms with Gasteiger partial charge in [0.1, 0.15) is 0 Å². The molecular formula is C21H29N5O3. The summed E-state index contributed by atoms with van der Waals surface area (Å²) in [4.78, 5) is 45.3. The van der Waals surface area contributed by atoms with E-state index in [1.807, 2.05) is 30.9 Å². The maximum Gasteiger partial charge on any atom is 0.261 e. The van der Waals surface area contributed by atoms with Crippen LogP contribution >= 0.6 is 0 Å². The Kier molecular flexibility index (Phi) is 6.98. The van der Waals surface area contributed by atoms with Gasteiger partial charge in [-0.25, -0.2) is 4.98 Å². The first kappa shape index (κ1) is 21.0. The van der Waals surface area contributed by atoms with Crippen molar-refractivity contribution in [3.63, 3.8) is 0 Å². The molecule has 0 saturated carbocycles. The minimum absolute atomic E-state index is 0.0244. The molecule has 8 heteroatoms. The van der Waals surface area contributed by atoms with Crippen LogP contribution in [0.25, 0.3) is 10.9 Å². The van der Waals surface area contributed by atoms with E-state index in [0.29, 0.717) is 56.7 Å². The summed E-state index contributed by atoms with van der Waals surface area (Å²) >= 11 is 0. The third-order valence-electron chi connectivity index (χ3n) is 5.29. The van der Waals surface area contributed by atoms with E-state index in [1.54, 1.807) is 6.07 Å². The molecule has 8 nitrogen and oxygen atoms in total. The highest BCUT2D eigenvalue weighted by Gasteiger charge is 2.22. The van der Waals surface area contributed by atoms with Gasteiger partial charge >= 0.3 is 0 Å². The molecule has 0 spiro atoms. The maximum atomic E-state index is 12.6. The van der Waals surface area contributed by atoms with Crippen molar-refractivity contribution < 1.29 is 9.59 Å². The van der Waals surface area contributed by atoms with E-state index in [1.165, 1.54) is 10.9 Å². The first-order valence-corrected chi connectivity index (χ1v) is 10.2. The second-order valence-corrected chi connectivity index (χ2v) is 7.47. The molecule has 1 aliphatic heterocycles. The Balaban J connectivity index is 1.51. The zero-order chi connectivity index (χ0) is 20.8. The van der Waals surface area contributed by atoms with Gasteiger partial charge in [0, 0.05) is 45.7 Å². The number of amides is 2. The van der Waals surface area contributed by atoms with E-state index in [4.69, 9.17) is 0 Å². The predicted octanol–water partition coefficient (Wildman–Crippen LogP) is 0.765. The summed E-state index contributed by atoms with van der Waals surface area (Å²) in [6, 6.07) is 5.54.